The van der Waals surface area contributed by atoms with E-state index < -0.39 is 0 Å². The second kappa shape index (κ2) is 5.98. The van der Waals surface area contributed by atoms with Crippen LogP contribution < -0.4 is 4.90 Å². The molecular formula is C19H17NO2. The number of amides is 1. The summed E-state index contributed by atoms with van der Waals surface area (Å²) in [5, 5.41) is 0. The first-order valence-corrected chi connectivity index (χ1v) is 7.32. The Hall–Kier alpha value is -2.68. The first-order valence-electron chi connectivity index (χ1n) is 7.32. The second-order valence-corrected chi connectivity index (χ2v) is 5.37. The molecule has 1 heterocycles. The van der Waals surface area contributed by atoms with Crippen molar-refractivity contribution in [3.05, 3.63) is 71.8 Å². The van der Waals surface area contributed by atoms with E-state index in [1.165, 1.54) is 6.92 Å². The van der Waals surface area contributed by atoms with Crippen molar-refractivity contribution in [1.82, 2.24) is 0 Å². The highest BCUT2D eigenvalue weighted by Crippen LogP contribution is 2.31. The molecule has 0 fully saturated rings. The Morgan fingerprint density at radius 1 is 1.09 bits per heavy atom. The zero-order valence-corrected chi connectivity index (χ0v) is 12.4. The molecule has 0 saturated heterocycles. The largest absolute Gasteiger partial charge is 0.305 e. The van der Waals surface area contributed by atoms with Gasteiger partial charge in [0.1, 0.15) is 0 Å². The molecule has 2 aromatic rings. The fraction of sp³-hybridized carbons (Fsp3) is 0.158. The number of fused-ring (bicyclic) bond motifs is 1. The molecule has 22 heavy (non-hydrogen) atoms. The van der Waals surface area contributed by atoms with E-state index in [4.69, 9.17) is 0 Å². The monoisotopic (exact) mass is 291 g/mol. The number of hydrogen-bond donors (Lipinski definition) is 0. The van der Waals surface area contributed by atoms with Crippen LogP contribution in [0.4, 0.5) is 5.69 Å². The molecule has 0 aliphatic carbocycles. The third kappa shape index (κ3) is 2.70. The number of para-hydroxylation sites is 1. The smallest absolute Gasteiger partial charge is 0.224 e. The van der Waals surface area contributed by atoms with Gasteiger partial charge in [-0.25, -0.2) is 0 Å². The van der Waals surface area contributed by atoms with Crippen LogP contribution in [0.25, 0.3) is 6.08 Å². The lowest BCUT2D eigenvalue weighted by atomic mass is 9.93. The van der Waals surface area contributed by atoms with Crippen molar-refractivity contribution >= 4 is 23.5 Å². The number of nitrogens with zero attached hydrogens (tertiary/aromatic N) is 1. The first kappa shape index (κ1) is 14.3. The fourth-order valence-electron chi connectivity index (χ4n) is 2.83. The van der Waals surface area contributed by atoms with Gasteiger partial charge in [-0.2, -0.15) is 0 Å². The number of hydrogen-bond acceptors (Lipinski definition) is 2. The van der Waals surface area contributed by atoms with Gasteiger partial charge in [-0.3, -0.25) is 9.59 Å². The van der Waals surface area contributed by atoms with E-state index in [2.05, 4.69) is 0 Å². The van der Waals surface area contributed by atoms with Gasteiger partial charge in [0.15, 0.2) is 5.78 Å². The van der Waals surface area contributed by atoms with Gasteiger partial charge in [0, 0.05) is 18.9 Å². The van der Waals surface area contributed by atoms with Crippen LogP contribution in [0.2, 0.25) is 0 Å². The number of carbonyl (C=O) groups is 2. The second-order valence-electron chi connectivity index (χ2n) is 5.37. The highest BCUT2D eigenvalue weighted by molar-refractivity contribution is 6.09. The summed E-state index contributed by atoms with van der Waals surface area (Å²) in [7, 11) is 0. The molecule has 0 N–H and O–H groups in total. The van der Waals surface area contributed by atoms with E-state index in [0.717, 1.165) is 5.56 Å². The van der Waals surface area contributed by atoms with Crippen LogP contribution in [0.15, 0.2) is 60.7 Å². The molecule has 0 unspecified atom stereocenters. The molecule has 0 bridgehead atoms. The molecule has 0 saturated carbocycles. The van der Waals surface area contributed by atoms with E-state index in [9.17, 15) is 9.59 Å². The molecule has 3 nitrogen and oxygen atoms in total. The molecule has 0 radical (unpaired) electrons. The number of ketones is 1. The average molecular weight is 291 g/mol. The van der Waals surface area contributed by atoms with Crippen molar-refractivity contribution in [2.75, 3.05) is 4.90 Å². The van der Waals surface area contributed by atoms with Gasteiger partial charge in [-0.15, -0.1) is 0 Å². The maximum Gasteiger partial charge on any atom is 0.224 e. The highest BCUT2D eigenvalue weighted by Gasteiger charge is 2.31. The average Bonchev–Trinajstić information content (AvgIpc) is 2.53. The van der Waals surface area contributed by atoms with Crippen LogP contribution in [-0.2, 0) is 4.79 Å². The van der Waals surface area contributed by atoms with E-state index in [0.29, 0.717) is 17.7 Å². The number of anilines is 1. The standard InChI is InChI=1S/C19H17NO2/c1-14(21)20-16(12-11-15-7-3-2-4-8-15)13-19(22)17-9-5-6-10-18(17)20/h2-12,16H,13H2,1H3/b12-11+/t16-/m0/s1. The molecule has 0 spiro atoms. The summed E-state index contributed by atoms with van der Waals surface area (Å²) in [4.78, 5) is 26.1. The molecule has 110 valence electrons. The first-order chi connectivity index (χ1) is 10.7. The van der Waals surface area contributed by atoms with Gasteiger partial charge >= 0.3 is 0 Å². The normalized spacial score (nSPS) is 17.6. The Morgan fingerprint density at radius 2 is 1.77 bits per heavy atom. The fourth-order valence-corrected chi connectivity index (χ4v) is 2.83. The minimum Gasteiger partial charge on any atom is -0.305 e. The maximum absolute atomic E-state index is 12.3. The molecule has 1 aliphatic heterocycles. The van der Waals surface area contributed by atoms with Crippen LogP contribution in [0.5, 0.6) is 0 Å². The quantitative estimate of drug-likeness (QED) is 0.846. The Morgan fingerprint density at radius 3 is 2.50 bits per heavy atom. The van der Waals surface area contributed by atoms with Gasteiger partial charge in [-0.05, 0) is 17.7 Å². The van der Waals surface area contributed by atoms with Crippen molar-refractivity contribution < 1.29 is 9.59 Å². The summed E-state index contributed by atoms with van der Waals surface area (Å²) in [6, 6.07) is 16.9. The molecule has 3 heteroatoms. The Balaban J connectivity index is 1.96. The summed E-state index contributed by atoms with van der Waals surface area (Å²) in [6.07, 6.45) is 4.21. The van der Waals surface area contributed by atoms with Crippen LogP contribution >= 0.6 is 0 Å². The lowest BCUT2D eigenvalue weighted by molar-refractivity contribution is -0.116. The van der Waals surface area contributed by atoms with E-state index in [1.807, 2.05) is 60.7 Å². The van der Waals surface area contributed by atoms with Crippen molar-refractivity contribution in [1.29, 1.82) is 0 Å². The SMILES string of the molecule is CC(=O)N1c2ccccc2C(=O)C[C@@H]1/C=C/c1ccccc1. The summed E-state index contributed by atoms with van der Waals surface area (Å²) in [5.74, 6) is 0.0264. The summed E-state index contributed by atoms with van der Waals surface area (Å²) < 4.78 is 0. The van der Waals surface area contributed by atoms with Crippen molar-refractivity contribution in [2.24, 2.45) is 0 Å². The molecule has 1 aliphatic rings. The molecular weight excluding hydrogens is 274 g/mol. The predicted molar refractivity (Wildman–Crippen MR) is 87.8 cm³/mol. The lowest BCUT2D eigenvalue weighted by Crippen LogP contribution is -2.43. The summed E-state index contributed by atoms with van der Waals surface area (Å²) >= 11 is 0. The number of rotatable bonds is 2. The van der Waals surface area contributed by atoms with Gasteiger partial charge in [0.2, 0.25) is 5.91 Å². The summed E-state index contributed by atoms with van der Waals surface area (Å²) in [6.45, 7) is 1.54. The van der Waals surface area contributed by atoms with Crippen LogP contribution in [0.1, 0.15) is 29.3 Å². The van der Waals surface area contributed by atoms with Gasteiger partial charge in [0.25, 0.3) is 0 Å². The lowest BCUT2D eigenvalue weighted by Gasteiger charge is -2.34. The summed E-state index contributed by atoms with van der Waals surface area (Å²) in [5.41, 5.74) is 2.38. The number of carbonyl (C=O) groups excluding carboxylic acids is 2. The van der Waals surface area contributed by atoms with Gasteiger partial charge < -0.3 is 4.90 Å². The third-order valence-electron chi connectivity index (χ3n) is 3.84. The Bertz CT molecular complexity index is 734. The molecule has 0 aromatic heterocycles. The topological polar surface area (TPSA) is 37.4 Å². The molecule has 3 rings (SSSR count). The van der Waals surface area contributed by atoms with Crippen molar-refractivity contribution in [2.45, 2.75) is 19.4 Å². The molecule has 2 aromatic carbocycles. The van der Waals surface area contributed by atoms with E-state index >= 15 is 0 Å². The minimum atomic E-state index is -0.236. The zero-order chi connectivity index (χ0) is 15.5. The van der Waals surface area contributed by atoms with Gasteiger partial charge in [0.05, 0.1) is 11.7 Å². The Labute approximate surface area is 129 Å². The Kier molecular flexibility index (Phi) is 3.88. The van der Waals surface area contributed by atoms with Crippen LogP contribution in [-0.4, -0.2) is 17.7 Å². The maximum atomic E-state index is 12.3. The zero-order valence-electron chi connectivity index (χ0n) is 12.4. The van der Waals surface area contributed by atoms with Crippen molar-refractivity contribution in [3.8, 4) is 0 Å². The van der Waals surface area contributed by atoms with Crippen LogP contribution in [0.3, 0.4) is 0 Å². The van der Waals surface area contributed by atoms with Gasteiger partial charge in [-0.1, -0.05) is 54.6 Å². The minimum absolute atomic E-state index is 0.0531. The van der Waals surface area contributed by atoms with Crippen molar-refractivity contribution in [3.63, 3.8) is 0 Å². The van der Waals surface area contributed by atoms with E-state index in [-0.39, 0.29) is 17.7 Å². The van der Waals surface area contributed by atoms with Crippen LogP contribution in [0, 0.1) is 0 Å². The number of Topliss-reactive ketones (excluding diaryl/α,β-unsaturated/α-hetero) is 1. The third-order valence-corrected chi connectivity index (χ3v) is 3.84. The highest BCUT2D eigenvalue weighted by atomic mass is 16.2. The molecule has 1 amide bonds. The molecule has 1 atom stereocenters. The predicted octanol–water partition coefficient (Wildman–Crippen LogP) is 3.71. The number of benzene rings is 2. The van der Waals surface area contributed by atoms with E-state index in [1.54, 1.807) is 11.0 Å².